The van der Waals surface area contributed by atoms with E-state index in [1.54, 1.807) is 0 Å². The van der Waals surface area contributed by atoms with Crippen molar-refractivity contribution in [2.24, 2.45) is 0 Å². The fourth-order valence-electron chi connectivity index (χ4n) is 6.24. The highest BCUT2D eigenvalue weighted by Crippen LogP contribution is 2.29. The van der Waals surface area contributed by atoms with Gasteiger partial charge in [0, 0.05) is 13.2 Å². The van der Waals surface area contributed by atoms with Crippen LogP contribution in [0.15, 0.2) is 0 Å². The molecule has 13 nitrogen and oxygen atoms in total. The minimum absolute atomic E-state index is 0.00235. The zero-order valence-electron chi connectivity index (χ0n) is 29.5. The summed E-state index contributed by atoms with van der Waals surface area (Å²) in [6, 6.07) is 0. The van der Waals surface area contributed by atoms with E-state index in [2.05, 4.69) is 6.92 Å². The molecule has 0 aromatic rings. The predicted molar refractivity (Wildman–Crippen MR) is 178 cm³/mol. The fourth-order valence-corrected chi connectivity index (χ4v) is 6.24. The molecule has 2 rings (SSSR count). The second-order valence-electron chi connectivity index (χ2n) is 13.3. The molecule has 0 saturated carbocycles. The summed E-state index contributed by atoms with van der Waals surface area (Å²) < 4.78 is 33.9. The molecule has 2 saturated heterocycles. The van der Waals surface area contributed by atoms with Crippen LogP contribution in [0.4, 0.5) is 0 Å². The first-order valence-electron chi connectivity index (χ1n) is 18.7. The van der Waals surface area contributed by atoms with Crippen LogP contribution in [0.1, 0.15) is 117 Å². The lowest BCUT2D eigenvalue weighted by molar-refractivity contribution is -0.360. The summed E-state index contributed by atoms with van der Waals surface area (Å²) in [5, 5.41) is 71.2. The van der Waals surface area contributed by atoms with Crippen molar-refractivity contribution >= 4 is 0 Å². The highest BCUT2D eigenvalue weighted by Gasteiger charge is 2.50. The molecule has 0 bridgehead atoms. The third-order valence-electron chi connectivity index (χ3n) is 9.26. The number of rotatable bonds is 28. The Bertz CT molecular complexity index is 760. The highest BCUT2D eigenvalue weighted by molar-refractivity contribution is 4.94. The average molecular weight is 697 g/mol. The minimum atomic E-state index is -1.73. The van der Waals surface area contributed by atoms with E-state index in [1.807, 2.05) is 6.92 Å². The van der Waals surface area contributed by atoms with Crippen LogP contribution in [-0.2, 0) is 28.4 Å². The van der Waals surface area contributed by atoms with Crippen molar-refractivity contribution in [3.8, 4) is 0 Å². The SMILES string of the molecule is CCCCCCCCCCCCCCCCCCOCC(CO[C@@H]1O[C@H](CO)[C@@H](O[C@@H]2O[C@H](CO)[C@H](O)[C@H](O)[C@H]2O)[C@H](O)[C@H]1O)OCC. The summed E-state index contributed by atoms with van der Waals surface area (Å²) in [6.45, 7) is 4.11. The molecule has 286 valence electrons. The number of hydrogen-bond donors (Lipinski definition) is 7. The number of aliphatic hydroxyl groups is 7. The first kappa shape index (κ1) is 43.6. The molecule has 7 N–H and O–H groups in total. The van der Waals surface area contributed by atoms with E-state index in [0.29, 0.717) is 13.2 Å². The Morgan fingerprint density at radius 3 is 1.56 bits per heavy atom. The first-order valence-corrected chi connectivity index (χ1v) is 18.7. The van der Waals surface area contributed by atoms with E-state index in [4.69, 9.17) is 28.4 Å². The van der Waals surface area contributed by atoms with Crippen molar-refractivity contribution in [2.45, 2.75) is 184 Å². The van der Waals surface area contributed by atoms with Gasteiger partial charge in [-0.2, -0.15) is 0 Å². The fraction of sp³-hybridized carbons (Fsp3) is 1.00. The van der Waals surface area contributed by atoms with Crippen LogP contribution in [0, 0.1) is 0 Å². The summed E-state index contributed by atoms with van der Waals surface area (Å²) in [7, 11) is 0. The maximum Gasteiger partial charge on any atom is 0.187 e. The van der Waals surface area contributed by atoms with E-state index in [-0.39, 0.29) is 13.2 Å². The van der Waals surface area contributed by atoms with Gasteiger partial charge in [0.2, 0.25) is 0 Å². The molecule has 0 aliphatic carbocycles. The predicted octanol–water partition coefficient (Wildman–Crippen LogP) is 2.31. The second-order valence-corrected chi connectivity index (χ2v) is 13.3. The molecule has 0 aromatic carbocycles. The molecule has 0 amide bonds. The topological polar surface area (TPSA) is 197 Å². The number of ether oxygens (including phenoxy) is 6. The number of hydrogen-bond acceptors (Lipinski definition) is 13. The smallest absolute Gasteiger partial charge is 0.187 e. The zero-order chi connectivity index (χ0) is 35.1. The number of aliphatic hydroxyl groups excluding tert-OH is 7. The molecule has 13 heteroatoms. The van der Waals surface area contributed by atoms with Crippen molar-refractivity contribution in [1.29, 1.82) is 0 Å². The maximum atomic E-state index is 10.8. The summed E-state index contributed by atoms with van der Waals surface area (Å²) in [5.41, 5.74) is 0. The van der Waals surface area contributed by atoms with Gasteiger partial charge in [-0.1, -0.05) is 103 Å². The monoisotopic (exact) mass is 696 g/mol. The van der Waals surface area contributed by atoms with Crippen molar-refractivity contribution < 1.29 is 64.2 Å². The van der Waals surface area contributed by atoms with Gasteiger partial charge >= 0.3 is 0 Å². The van der Waals surface area contributed by atoms with Gasteiger partial charge < -0.3 is 64.2 Å². The Hall–Kier alpha value is -0.520. The third kappa shape index (κ3) is 15.8. The van der Waals surface area contributed by atoms with Crippen LogP contribution < -0.4 is 0 Å². The Balaban J connectivity index is 1.60. The third-order valence-corrected chi connectivity index (χ3v) is 9.26. The van der Waals surface area contributed by atoms with Crippen molar-refractivity contribution in [1.82, 2.24) is 0 Å². The Kier molecular flexibility index (Phi) is 23.9. The molecule has 0 aromatic heterocycles. The van der Waals surface area contributed by atoms with Gasteiger partial charge in [-0.3, -0.25) is 0 Å². The largest absolute Gasteiger partial charge is 0.394 e. The van der Waals surface area contributed by atoms with E-state index in [1.165, 1.54) is 89.9 Å². The van der Waals surface area contributed by atoms with Gasteiger partial charge in [-0.05, 0) is 13.3 Å². The van der Waals surface area contributed by atoms with Gasteiger partial charge in [0.25, 0.3) is 0 Å². The molecular weight excluding hydrogens is 628 g/mol. The Labute approximate surface area is 287 Å². The maximum absolute atomic E-state index is 10.8. The molecule has 11 atom stereocenters. The summed E-state index contributed by atoms with van der Waals surface area (Å²) in [5.74, 6) is 0. The molecule has 2 aliphatic rings. The first-order chi connectivity index (χ1) is 23.3. The molecule has 48 heavy (non-hydrogen) atoms. The average Bonchev–Trinajstić information content (AvgIpc) is 3.09. The molecule has 2 fully saturated rings. The van der Waals surface area contributed by atoms with E-state index in [0.717, 1.165) is 12.8 Å². The second kappa shape index (κ2) is 26.3. The van der Waals surface area contributed by atoms with Gasteiger partial charge in [-0.15, -0.1) is 0 Å². The summed E-state index contributed by atoms with van der Waals surface area (Å²) in [6.07, 6.45) is 5.49. The molecule has 2 aliphatic heterocycles. The quantitative estimate of drug-likeness (QED) is 0.0589. The Morgan fingerprint density at radius 1 is 0.542 bits per heavy atom. The molecule has 0 radical (unpaired) electrons. The van der Waals surface area contributed by atoms with Crippen LogP contribution in [0.3, 0.4) is 0 Å². The van der Waals surface area contributed by atoms with E-state index < -0.39 is 80.7 Å². The summed E-state index contributed by atoms with van der Waals surface area (Å²) >= 11 is 0. The lowest BCUT2D eigenvalue weighted by Crippen LogP contribution is -2.64. The number of unbranched alkanes of at least 4 members (excludes halogenated alkanes) is 15. The standard InChI is InChI=1S/C35H68O13/c1-3-5-6-7-8-9-10-11-12-13-14-15-16-17-18-19-20-43-23-25(44-4-2)24-45-34-32(42)30(40)33(27(22-37)47-34)48-35-31(41)29(39)28(38)26(21-36)46-35/h25-42H,3-24H2,1-2H3/t25?,26-,27-,28+,29+,30-,31-,32-,33-,34-,35+/m1/s1. The summed E-state index contributed by atoms with van der Waals surface area (Å²) in [4.78, 5) is 0. The minimum Gasteiger partial charge on any atom is -0.394 e. The van der Waals surface area contributed by atoms with Crippen LogP contribution >= 0.6 is 0 Å². The van der Waals surface area contributed by atoms with Crippen LogP contribution in [-0.4, -0.2) is 143 Å². The van der Waals surface area contributed by atoms with Crippen LogP contribution in [0.2, 0.25) is 0 Å². The van der Waals surface area contributed by atoms with Crippen molar-refractivity contribution in [3.63, 3.8) is 0 Å². The van der Waals surface area contributed by atoms with Crippen LogP contribution in [0.5, 0.6) is 0 Å². The van der Waals surface area contributed by atoms with Gasteiger partial charge in [0.05, 0.1) is 26.4 Å². The lowest BCUT2D eigenvalue weighted by Gasteiger charge is -2.46. The van der Waals surface area contributed by atoms with E-state index >= 15 is 0 Å². The molecule has 2 heterocycles. The molecule has 1 unspecified atom stereocenters. The molecular formula is C35H68O13. The van der Waals surface area contributed by atoms with Crippen LogP contribution in [0.25, 0.3) is 0 Å². The molecule has 0 spiro atoms. The van der Waals surface area contributed by atoms with Gasteiger partial charge in [-0.25, -0.2) is 0 Å². The van der Waals surface area contributed by atoms with Crippen molar-refractivity contribution in [3.05, 3.63) is 0 Å². The van der Waals surface area contributed by atoms with Gasteiger partial charge in [0.15, 0.2) is 12.6 Å². The zero-order valence-corrected chi connectivity index (χ0v) is 29.5. The highest BCUT2D eigenvalue weighted by atomic mass is 16.7. The van der Waals surface area contributed by atoms with Crippen molar-refractivity contribution in [2.75, 3.05) is 39.6 Å². The van der Waals surface area contributed by atoms with E-state index in [9.17, 15) is 35.7 Å². The Morgan fingerprint density at radius 2 is 1.04 bits per heavy atom. The normalized spacial score (nSPS) is 31.7. The van der Waals surface area contributed by atoms with Gasteiger partial charge in [0.1, 0.15) is 54.9 Å². The lowest BCUT2D eigenvalue weighted by atomic mass is 9.97.